The molecule has 0 radical (unpaired) electrons. The molecule has 3 nitrogen and oxygen atoms in total. The maximum Gasteiger partial charge on any atom is 0.177 e. The molecular formula is C9H13N3S. The van der Waals surface area contributed by atoms with Crippen LogP contribution in [0.5, 0.6) is 0 Å². The quantitative estimate of drug-likeness (QED) is 0.716. The fraction of sp³-hybridized carbons (Fsp3) is 0.333. The molecule has 4 heteroatoms. The van der Waals surface area contributed by atoms with Crippen molar-refractivity contribution in [1.82, 2.24) is 15.0 Å². The first-order chi connectivity index (χ1) is 6.25. The summed E-state index contributed by atoms with van der Waals surface area (Å²) in [6.45, 7) is 0. The normalized spacial score (nSPS) is 12.0. The van der Waals surface area contributed by atoms with Gasteiger partial charge in [-0.2, -0.15) is 0 Å². The topological polar surface area (TPSA) is 41.6 Å². The molecule has 0 bridgehead atoms. The van der Waals surface area contributed by atoms with Crippen molar-refractivity contribution in [3.63, 3.8) is 0 Å². The molecule has 1 N–H and O–H groups in total. The van der Waals surface area contributed by atoms with Crippen LogP contribution < -0.4 is 0 Å². The van der Waals surface area contributed by atoms with E-state index in [-0.39, 0.29) is 10.9 Å². The lowest BCUT2D eigenvalue weighted by Gasteiger charge is -2.07. The molecule has 0 aliphatic carbocycles. The highest BCUT2D eigenvalue weighted by Gasteiger charge is 2.00. The average Bonchev–Trinajstić information content (AvgIpc) is 2.49. The highest BCUT2D eigenvalue weighted by Crippen LogP contribution is 2.20. The highest BCUT2D eigenvalue weighted by atomic mass is 32.2. The first kappa shape index (κ1) is 8.56. The summed E-state index contributed by atoms with van der Waals surface area (Å²) in [6, 6.07) is 4.12. The van der Waals surface area contributed by atoms with Gasteiger partial charge in [-0.15, -0.1) is 0 Å². The monoisotopic (exact) mass is 195 g/mol. The van der Waals surface area contributed by atoms with Crippen LogP contribution in [0.4, 0.5) is 0 Å². The minimum Gasteiger partial charge on any atom is -0.343 e. The van der Waals surface area contributed by atoms with E-state index in [1.165, 1.54) is 0 Å². The molecule has 0 aromatic carbocycles. The molecule has 2 aromatic rings. The van der Waals surface area contributed by atoms with Crippen molar-refractivity contribution in [2.24, 2.45) is 0 Å². The summed E-state index contributed by atoms with van der Waals surface area (Å²) in [5.41, 5.74) is 2.99. The Balaban J connectivity index is 2.37. The van der Waals surface area contributed by atoms with E-state index in [9.17, 15) is 0 Å². The van der Waals surface area contributed by atoms with Gasteiger partial charge in [0.05, 0.1) is 17.5 Å². The molecule has 70 valence electrons. The largest absolute Gasteiger partial charge is 0.343 e. The van der Waals surface area contributed by atoms with Crippen molar-refractivity contribution in [2.75, 3.05) is 12.5 Å². The van der Waals surface area contributed by atoms with Gasteiger partial charge in [0.25, 0.3) is 0 Å². The summed E-state index contributed by atoms with van der Waals surface area (Å²) in [4.78, 5) is 11.6. The standard InChI is InChI=1S/C9H13N3S/c1-13(2)5-7-3-4-8-9(12-7)11-6-10-8/h3-4,6,13H,5H2,1-2H3,(H,10,11,12). The van der Waals surface area contributed by atoms with Crippen LogP contribution >= 0.6 is 10.9 Å². The van der Waals surface area contributed by atoms with E-state index in [4.69, 9.17) is 0 Å². The molecule has 0 unspecified atom stereocenters. The number of thiol groups is 1. The number of rotatable bonds is 2. The van der Waals surface area contributed by atoms with Crippen LogP contribution in [-0.4, -0.2) is 27.5 Å². The lowest BCUT2D eigenvalue weighted by atomic mass is 10.3. The van der Waals surface area contributed by atoms with E-state index in [0.717, 1.165) is 22.6 Å². The number of nitrogens with one attached hydrogen (secondary N) is 1. The lowest BCUT2D eigenvalue weighted by Crippen LogP contribution is -1.90. The second-order valence-electron chi connectivity index (χ2n) is 3.31. The van der Waals surface area contributed by atoms with E-state index >= 15 is 0 Å². The molecule has 0 aliphatic heterocycles. The van der Waals surface area contributed by atoms with Gasteiger partial charge in [-0.05, 0) is 24.6 Å². The molecule has 2 heterocycles. The van der Waals surface area contributed by atoms with Gasteiger partial charge >= 0.3 is 0 Å². The molecule has 0 amide bonds. The zero-order chi connectivity index (χ0) is 9.26. The van der Waals surface area contributed by atoms with Gasteiger partial charge in [-0.1, -0.05) is 0 Å². The lowest BCUT2D eigenvalue weighted by molar-refractivity contribution is 1.19. The van der Waals surface area contributed by atoms with Crippen molar-refractivity contribution in [3.05, 3.63) is 24.2 Å². The second-order valence-corrected chi connectivity index (χ2v) is 5.79. The molecule has 0 aliphatic rings. The van der Waals surface area contributed by atoms with E-state index in [0.29, 0.717) is 0 Å². The summed E-state index contributed by atoms with van der Waals surface area (Å²) in [7, 11) is 0.0818. The van der Waals surface area contributed by atoms with Crippen LogP contribution in [0, 0.1) is 0 Å². The van der Waals surface area contributed by atoms with E-state index < -0.39 is 0 Å². The zero-order valence-electron chi connectivity index (χ0n) is 7.78. The fourth-order valence-corrected chi connectivity index (χ4v) is 2.10. The summed E-state index contributed by atoms with van der Waals surface area (Å²) in [5.74, 6) is 1.08. The van der Waals surface area contributed by atoms with Gasteiger partial charge in [0, 0.05) is 5.75 Å². The van der Waals surface area contributed by atoms with Crippen molar-refractivity contribution in [1.29, 1.82) is 0 Å². The Bertz CT molecular complexity index is 408. The summed E-state index contributed by atoms with van der Waals surface area (Å²) in [6.07, 6.45) is 6.19. The third-order valence-electron chi connectivity index (χ3n) is 1.82. The molecule has 0 saturated carbocycles. The Labute approximate surface area is 79.9 Å². The van der Waals surface area contributed by atoms with Crippen LogP contribution in [0.25, 0.3) is 11.2 Å². The number of fused-ring (bicyclic) bond motifs is 1. The van der Waals surface area contributed by atoms with Gasteiger partial charge in [-0.25, -0.2) is 9.97 Å². The van der Waals surface area contributed by atoms with E-state index in [1.54, 1.807) is 6.33 Å². The Morgan fingerprint density at radius 3 is 3.00 bits per heavy atom. The predicted molar refractivity (Wildman–Crippen MR) is 58.4 cm³/mol. The summed E-state index contributed by atoms with van der Waals surface area (Å²) < 4.78 is 0. The number of H-pyrrole nitrogens is 1. The molecule has 2 rings (SSSR count). The smallest absolute Gasteiger partial charge is 0.177 e. The number of imidazole rings is 1. The van der Waals surface area contributed by atoms with Gasteiger partial charge in [0.1, 0.15) is 0 Å². The molecule has 0 saturated heterocycles. The van der Waals surface area contributed by atoms with Crippen molar-refractivity contribution >= 4 is 22.1 Å². The minimum atomic E-state index is 0.0818. The first-order valence-electron chi connectivity index (χ1n) is 4.19. The van der Waals surface area contributed by atoms with Crippen molar-refractivity contribution < 1.29 is 0 Å². The first-order valence-corrected chi connectivity index (χ1v) is 6.61. The molecule has 0 spiro atoms. The van der Waals surface area contributed by atoms with Crippen LogP contribution in [0.3, 0.4) is 0 Å². The summed E-state index contributed by atoms with van der Waals surface area (Å²) >= 11 is 0. The SMILES string of the molecule is C[SH](C)Cc1ccc2[nH]cnc2n1. The Morgan fingerprint density at radius 1 is 1.38 bits per heavy atom. The van der Waals surface area contributed by atoms with Crippen LogP contribution in [-0.2, 0) is 5.75 Å². The van der Waals surface area contributed by atoms with Gasteiger partial charge < -0.3 is 4.98 Å². The number of nitrogens with zero attached hydrogens (tertiary/aromatic N) is 2. The second kappa shape index (κ2) is 3.38. The van der Waals surface area contributed by atoms with E-state index in [1.807, 2.05) is 6.07 Å². The maximum absolute atomic E-state index is 4.45. The van der Waals surface area contributed by atoms with E-state index in [2.05, 4.69) is 33.5 Å². The fourth-order valence-electron chi connectivity index (χ4n) is 1.27. The number of pyridine rings is 1. The van der Waals surface area contributed by atoms with Crippen LogP contribution in [0.2, 0.25) is 0 Å². The van der Waals surface area contributed by atoms with Crippen LogP contribution in [0.15, 0.2) is 18.5 Å². The third-order valence-corrected chi connectivity index (χ3v) is 2.77. The highest BCUT2D eigenvalue weighted by molar-refractivity contribution is 8.15. The number of hydrogen-bond acceptors (Lipinski definition) is 2. The van der Waals surface area contributed by atoms with Crippen molar-refractivity contribution in [3.8, 4) is 0 Å². The predicted octanol–water partition coefficient (Wildman–Crippen LogP) is 1.72. The Morgan fingerprint density at radius 2 is 2.23 bits per heavy atom. The van der Waals surface area contributed by atoms with Crippen LogP contribution in [0.1, 0.15) is 5.69 Å². The maximum atomic E-state index is 4.45. The number of hydrogen-bond donors (Lipinski definition) is 2. The zero-order valence-corrected chi connectivity index (χ0v) is 8.68. The minimum absolute atomic E-state index is 0.0818. The number of aromatic nitrogens is 3. The molecule has 13 heavy (non-hydrogen) atoms. The van der Waals surface area contributed by atoms with Gasteiger partial charge in [0.2, 0.25) is 0 Å². The molecule has 0 atom stereocenters. The van der Waals surface area contributed by atoms with Gasteiger partial charge in [-0.3, -0.25) is 10.9 Å². The molecule has 2 aromatic heterocycles. The average molecular weight is 195 g/mol. The summed E-state index contributed by atoms with van der Waals surface area (Å²) in [5, 5.41) is 0. The molecule has 0 fully saturated rings. The Kier molecular flexibility index (Phi) is 2.22. The number of aromatic amines is 1. The van der Waals surface area contributed by atoms with Crippen molar-refractivity contribution in [2.45, 2.75) is 5.75 Å². The Hall–Kier alpha value is -1.03. The molecular weight excluding hydrogens is 182 g/mol. The van der Waals surface area contributed by atoms with Gasteiger partial charge in [0.15, 0.2) is 5.65 Å². The third kappa shape index (κ3) is 1.83.